The van der Waals surface area contributed by atoms with Gasteiger partial charge in [0.2, 0.25) is 5.91 Å². The van der Waals surface area contributed by atoms with Gasteiger partial charge < -0.3 is 16.2 Å². The van der Waals surface area contributed by atoms with Crippen molar-refractivity contribution < 1.29 is 9.90 Å². The summed E-state index contributed by atoms with van der Waals surface area (Å²) in [4.78, 5) is 11.6. The van der Waals surface area contributed by atoms with Crippen molar-refractivity contribution in [2.75, 3.05) is 5.32 Å². The third-order valence-electron chi connectivity index (χ3n) is 2.73. The van der Waals surface area contributed by atoms with Crippen molar-refractivity contribution in [3.63, 3.8) is 0 Å². The molecule has 0 fully saturated rings. The minimum Gasteiger partial charge on any atom is -0.506 e. The maximum atomic E-state index is 11.6. The zero-order valence-corrected chi connectivity index (χ0v) is 12.6. The maximum absolute atomic E-state index is 11.6. The molecule has 1 unspecified atom stereocenters. The number of carbonyl (C=O) groups is 1. The number of aromatic hydroxyl groups is 1. The molecular weight excluding hydrogens is 344 g/mol. The first kappa shape index (κ1) is 14.7. The number of halogens is 2. The summed E-state index contributed by atoms with van der Waals surface area (Å²) in [5.41, 5.74) is 6.75. The summed E-state index contributed by atoms with van der Waals surface area (Å²) in [6.45, 7) is 0. The molecule has 0 aliphatic heterocycles. The highest BCUT2D eigenvalue weighted by atomic mass is 79.9. The Morgan fingerprint density at radius 1 is 1.30 bits per heavy atom. The van der Waals surface area contributed by atoms with Crippen molar-refractivity contribution >= 4 is 39.1 Å². The Balaban J connectivity index is 2.32. The topological polar surface area (TPSA) is 75.4 Å². The number of phenolic OH excluding ortho intramolecular Hbond substituents is 1. The van der Waals surface area contributed by atoms with Crippen molar-refractivity contribution in [2.24, 2.45) is 5.73 Å². The SMILES string of the molecule is NC(=O)C(Nc1cccc(Br)c1)c1ccc(O)c(Cl)c1. The van der Waals surface area contributed by atoms with Crippen LogP contribution in [-0.2, 0) is 4.79 Å². The van der Waals surface area contributed by atoms with Crippen LogP contribution in [0.3, 0.4) is 0 Å². The van der Waals surface area contributed by atoms with E-state index in [-0.39, 0.29) is 10.8 Å². The Morgan fingerprint density at radius 3 is 2.65 bits per heavy atom. The molecule has 0 aliphatic rings. The minimum atomic E-state index is -0.734. The van der Waals surface area contributed by atoms with Crippen LogP contribution in [0.2, 0.25) is 5.02 Å². The largest absolute Gasteiger partial charge is 0.506 e. The number of nitrogens with one attached hydrogen (secondary N) is 1. The summed E-state index contributed by atoms with van der Waals surface area (Å²) in [5.74, 6) is -0.576. The average Bonchev–Trinajstić information content (AvgIpc) is 2.39. The normalized spacial score (nSPS) is 11.9. The summed E-state index contributed by atoms with van der Waals surface area (Å²) in [5, 5.41) is 12.6. The van der Waals surface area contributed by atoms with Crippen LogP contribution in [0.15, 0.2) is 46.9 Å². The number of carbonyl (C=O) groups excluding carboxylic acids is 1. The number of anilines is 1. The van der Waals surface area contributed by atoms with E-state index in [4.69, 9.17) is 17.3 Å². The fourth-order valence-corrected chi connectivity index (χ4v) is 2.35. The molecule has 1 amide bonds. The van der Waals surface area contributed by atoms with Crippen LogP contribution >= 0.6 is 27.5 Å². The van der Waals surface area contributed by atoms with E-state index in [0.717, 1.165) is 10.2 Å². The highest BCUT2D eigenvalue weighted by molar-refractivity contribution is 9.10. The number of benzene rings is 2. The second kappa shape index (κ2) is 6.15. The Bertz CT molecular complexity index is 649. The molecule has 0 heterocycles. The smallest absolute Gasteiger partial charge is 0.244 e. The Labute approximate surface area is 129 Å². The molecule has 0 radical (unpaired) electrons. The second-order valence-electron chi connectivity index (χ2n) is 4.20. The summed E-state index contributed by atoms with van der Waals surface area (Å²) in [7, 11) is 0. The fraction of sp³-hybridized carbons (Fsp3) is 0.0714. The molecule has 0 aromatic heterocycles. The van der Waals surface area contributed by atoms with Gasteiger partial charge in [-0.25, -0.2) is 0 Å². The number of rotatable bonds is 4. The lowest BCUT2D eigenvalue weighted by Crippen LogP contribution is -2.27. The van der Waals surface area contributed by atoms with Crippen LogP contribution in [0.1, 0.15) is 11.6 Å². The number of phenols is 1. The maximum Gasteiger partial charge on any atom is 0.244 e. The predicted octanol–water partition coefficient (Wildman–Crippen LogP) is 3.45. The van der Waals surface area contributed by atoms with Crippen LogP contribution in [0.5, 0.6) is 5.75 Å². The van der Waals surface area contributed by atoms with E-state index in [2.05, 4.69) is 21.2 Å². The zero-order chi connectivity index (χ0) is 14.7. The van der Waals surface area contributed by atoms with E-state index in [1.54, 1.807) is 6.07 Å². The standard InChI is InChI=1S/C14H12BrClN2O2/c15-9-2-1-3-10(7-9)18-13(14(17)20)8-4-5-12(19)11(16)6-8/h1-7,13,18-19H,(H2,17,20). The molecular formula is C14H12BrClN2O2. The predicted molar refractivity (Wildman–Crippen MR) is 82.8 cm³/mol. The van der Waals surface area contributed by atoms with Gasteiger partial charge >= 0.3 is 0 Å². The third kappa shape index (κ3) is 3.43. The van der Waals surface area contributed by atoms with Crippen molar-refractivity contribution in [3.05, 3.63) is 57.5 Å². The third-order valence-corrected chi connectivity index (χ3v) is 3.52. The number of amides is 1. The van der Waals surface area contributed by atoms with Crippen LogP contribution < -0.4 is 11.1 Å². The molecule has 0 spiro atoms. The highest BCUT2D eigenvalue weighted by Gasteiger charge is 2.18. The Hall–Kier alpha value is -1.72. The quantitative estimate of drug-likeness (QED) is 0.786. The van der Waals surface area contributed by atoms with Crippen LogP contribution in [-0.4, -0.2) is 11.0 Å². The number of nitrogens with two attached hydrogens (primary N) is 1. The Morgan fingerprint density at radius 2 is 2.05 bits per heavy atom. The van der Waals surface area contributed by atoms with Gasteiger partial charge in [-0.3, -0.25) is 4.79 Å². The fourth-order valence-electron chi connectivity index (χ4n) is 1.77. The van der Waals surface area contributed by atoms with E-state index in [1.807, 2.05) is 24.3 Å². The van der Waals surface area contributed by atoms with Crippen LogP contribution in [0, 0.1) is 0 Å². The number of hydrogen-bond acceptors (Lipinski definition) is 3. The van der Waals surface area contributed by atoms with Gasteiger partial charge in [-0.2, -0.15) is 0 Å². The van der Waals surface area contributed by atoms with Gasteiger partial charge in [0.05, 0.1) is 5.02 Å². The lowest BCUT2D eigenvalue weighted by Gasteiger charge is -2.18. The molecule has 104 valence electrons. The van der Waals surface area contributed by atoms with Gasteiger partial charge in [0.1, 0.15) is 11.8 Å². The molecule has 6 heteroatoms. The molecule has 4 nitrogen and oxygen atoms in total. The Kier molecular flexibility index (Phi) is 4.52. The van der Waals surface area contributed by atoms with Gasteiger partial charge in [0.15, 0.2) is 0 Å². The summed E-state index contributed by atoms with van der Waals surface area (Å²) in [6.07, 6.45) is 0. The van der Waals surface area contributed by atoms with Crippen LogP contribution in [0.4, 0.5) is 5.69 Å². The first-order chi connectivity index (χ1) is 9.47. The molecule has 0 bridgehead atoms. The lowest BCUT2D eigenvalue weighted by molar-refractivity contribution is -0.118. The van der Waals surface area contributed by atoms with Crippen molar-refractivity contribution in [1.82, 2.24) is 0 Å². The highest BCUT2D eigenvalue weighted by Crippen LogP contribution is 2.28. The zero-order valence-electron chi connectivity index (χ0n) is 10.3. The number of hydrogen-bond donors (Lipinski definition) is 3. The van der Waals surface area contributed by atoms with Crippen molar-refractivity contribution in [2.45, 2.75) is 6.04 Å². The van der Waals surface area contributed by atoms with Crippen LogP contribution in [0.25, 0.3) is 0 Å². The van der Waals surface area contributed by atoms with Gasteiger partial charge in [-0.05, 0) is 35.9 Å². The molecule has 1 atom stereocenters. The molecule has 4 N–H and O–H groups in total. The van der Waals surface area contributed by atoms with Gasteiger partial charge in [-0.15, -0.1) is 0 Å². The summed E-state index contributed by atoms with van der Waals surface area (Å²) in [6, 6.07) is 11.2. The summed E-state index contributed by atoms with van der Waals surface area (Å²) >= 11 is 9.21. The molecule has 2 aromatic carbocycles. The molecule has 0 saturated carbocycles. The lowest BCUT2D eigenvalue weighted by atomic mass is 10.1. The molecule has 2 aromatic rings. The first-order valence-corrected chi connectivity index (χ1v) is 6.94. The second-order valence-corrected chi connectivity index (χ2v) is 5.52. The molecule has 0 aliphatic carbocycles. The van der Waals surface area contributed by atoms with E-state index in [9.17, 15) is 9.90 Å². The summed E-state index contributed by atoms with van der Waals surface area (Å²) < 4.78 is 0.884. The molecule has 0 saturated heterocycles. The van der Waals surface area contributed by atoms with E-state index in [0.29, 0.717) is 5.56 Å². The van der Waals surface area contributed by atoms with E-state index >= 15 is 0 Å². The minimum absolute atomic E-state index is 0.0407. The molecule has 20 heavy (non-hydrogen) atoms. The van der Waals surface area contributed by atoms with Crippen molar-refractivity contribution in [3.8, 4) is 5.75 Å². The van der Waals surface area contributed by atoms with Gasteiger partial charge in [0, 0.05) is 10.2 Å². The van der Waals surface area contributed by atoms with Gasteiger partial charge in [-0.1, -0.05) is 39.7 Å². The monoisotopic (exact) mass is 354 g/mol. The molecule has 2 rings (SSSR count). The van der Waals surface area contributed by atoms with E-state index < -0.39 is 11.9 Å². The van der Waals surface area contributed by atoms with E-state index in [1.165, 1.54) is 12.1 Å². The average molecular weight is 356 g/mol. The first-order valence-electron chi connectivity index (χ1n) is 5.77. The number of primary amides is 1. The van der Waals surface area contributed by atoms with Crippen molar-refractivity contribution in [1.29, 1.82) is 0 Å². The van der Waals surface area contributed by atoms with Gasteiger partial charge in [0.25, 0.3) is 0 Å².